The number of benzene rings is 3. The zero-order chi connectivity index (χ0) is 17.5. The van der Waals surface area contributed by atoms with Gasteiger partial charge in [0.2, 0.25) is 11.7 Å². The summed E-state index contributed by atoms with van der Waals surface area (Å²) in [6.07, 6.45) is 0. The lowest BCUT2D eigenvalue weighted by Crippen LogP contribution is -1.97. The van der Waals surface area contributed by atoms with Gasteiger partial charge in [-0.2, -0.15) is 4.98 Å². The van der Waals surface area contributed by atoms with E-state index in [2.05, 4.69) is 46.4 Å². The van der Waals surface area contributed by atoms with E-state index in [-0.39, 0.29) is 5.95 Å². The number of para-hydroxylation sites is 1. The number of aromatic nitrogens is 2. The number of anilines is 1. The van der Waals surface area contributed by atoms with Gasteiger partial charge in [0, 0.05) is 10.9 Å². The summed E-state index contributed by atoms with van der Waals surface area (Å²) in [4.78, 5) is 8.77. The molecule has 2 aromatic heterocycles. The zero-order valence-electron chi connectivity index (χ0n) is 13.9. The molecule has 0 radical (unpaired) electrons. The van der Waals surface area contributed by atoms with Crippen molar-refractivity contribution in [3.8, 4) is 22.4 Å². The largest absolute Gasteiger partial charge is 0.437 e. The Labute approximate surface area is 149 Å². The van der Waals surface area contributed by atoms with Crippen LogP contribution in [0, 0.1) is 0 Å². The lowest BCUT2D eigenvalue weighted by atomic mass is 10.0. The van der Waals surface area contributed by atoms with E-state index in [0.717, 1.165) is 33.2 Å². The predicted molar refractivity (Wildman–Crippen MR) is 105 cm³/mol. The summed E-state index contributed by atoms with van der Waals surface area (Å²) in [6, 6.07) is 26.5. The van der Waals surface area contributed by atoms with Gasteiger partial charge in [-0.15, -0.1) is 0 Å². The molecule has 0 fully saturated rings. The van der Waals surface area contributed by atoms with Gasteiger partial charge in [0.1, 0.15) is 5.58 Å². The fraction of sp³-hybridized carbons (Fsp3) is 0. The van der Waals surface area contributed by atoms with Gasteiger partial charge in [-0.05, 0) is 17.2 Å². The van der Waals surface area contributed by atoms with Crippen LogP contribution in [-0.4, -0.2) is 9.97 Å². The molecular formula is C22H15N3O. The summed E-state index contributed by atoms with van der Waals surface area (Å²) in [5.74, 6) is 0.207. The Bertz CT molecular complexity index is 1230. The molecule has 0 amide bonds. The second-order valence-corrected chi connectivity index (χ2v) is 6.15. The van der Waals surface area contributed by atoms with Crippen LogP contribution in [-0.2, 0) is 0 Å². The van der Waals surface area contributed by atoms with Crippen molar-refractivity contribution < 1.29 is 4.42 Å². The maximum Gasteiger partial charge on any atom is 0.232 e. The van der Waals surface area contributed by atoms with Crippen LogP contribution >= 0.6 is 0 Å². The molecule has 0 aliphatic heterocycles. The van der Waals surface area contributed by atoms with E-state index in [1.165, 1.54) is 5.56 Å². The van der Waals surface area contributed by atoms with E-state index >= 15 is 0 Å². The van der Waals surface area contributed by atoms with Crippen LogP contribution in [0.25, 0.3) is 44.5 Å². The molecule has 0 aliphatic carbocycles. The van der Waals surface area contributed by atoms with Gasteiger partial charge in [0.15, 0.2) is 0 Å². The van der Waals surface area contributed by atoms with Crippen molar-refractivity contribution in [1.29, 1.82) is 0 Å². The molecule has 4 nitrogen and oxygen atoms in total. The summed E-state index contributed by atoms with van der Waals surface area (Å²) >= 11 is 0. The lowest BCUT2D eigenvalue weighted by molar-refractivity contribution is 0.654. The topological polar surface area (TPSA) is 64.9 Å². The Morgan fingerprint density at radius 3 is 2.12 bits per heavy atom. The van der Waals surface area contributed by atoms with Gasteiger partial charge in [-0.3, -0.25) is 0 Å². The molecule has 0 spiro atoms. The quantitative estimate of drug-likeness (QED) is 0.475. The number of hydrogen-bond acceptors (Lipinski definition) is 4. The molecule has 124 valence electrons. The van der Waals surface area contributed by atoms with Crippen LogP contribution < -0.4 is 5.73 Å². The highest BCUT2D eigenvalue weighted by molar-refractivity contribution is 6.10. The molecule has 0 aliphatic rings. The van der Waals surface area contributed by atoms with Crippen LogP contribution in [0.2, 0.25) is 0 Å². The molecule has 5 aromatic rings. The molecular weight excluding hydrogens is 322 g/mol. The van der Waals surface area contributed by atoms with Gasteiger partial charge in [-0.25, -0.2) is 4.98 Å². The minimum Gasteiger partial charge on any atom is -0.437 e. The Morgan fingerprint density at radius 2 is 1.31 bits per heavy atom. The summed E-state index contributed by atoms with van der Waals surface area (Å²) < 4.78 is 5.86. The van der Waals surface area contributed by atoms with E-state index in [1.54, 1.807) is 0 Å². The van der Waals surface area contributed by atoms with Crippen LogP contribution in [0.5, 0.6) is 0 Å². The van der Waals surface area contributed by atoms with Crippen LogP contribution in [0.15, 0.2) is 83.3 Å². The average molecular weight is 337 g/mol. The predicted octanol–water partition coefficient (Wildman–Crippen LogP) is 5.29. The fourth-order valence-corrected chi connectivity index (χ4v) is 3.30. The molecule has 0 atom stereocenters. The van der Waals surface area contributed by atoms with Crippen molar-refractivity contribution in [3.63, 3.8) is 0 Å². The highest BCUT2D eigenvalue weighted by atomic mass is 16.3. The SMILES string of the molecule is Nc1nc(-c2ccc(-c3ccccc3)cc2)c2c(n1)oc1ccccc12. The van der Waals surface area contributed by atoms with Gasteiger partial charge in [-0.1, -0.05) is 72.8 Å². The first-order chi connectivity index (χ1) is 12.8. The maximum absolute atomic E-state index is 5.92. The van der Waals surface area contributed by atoms with Gasteiger partial charge < -0.3 is 10.2 Å². The number of furan rings is 1. The fourth-order valence-electron chi connectivity index (χ4n) is 3.30. The minimum atomic E-state index is 0.207. The maximum atomic E-state index is 5.92. The number of fused-ring (bicyclic) bond motifs is 3. The first kappa shape index (κ1) is 14.7. The highest BCUT2D eigenvalue weighted by Crippen LogP contribution is 2.35. The molecule has 0 bridgehead atoms. The van der Waals surface area contributed by atoms with Gasteiger partial charge in [0.25, 0.3) is 0 Å². The normalized spacial score (nSPS) is 11.2. The molecule has 4 heteroatoms. The third-order valence-electron chi connectivity index (χ3n) is 4.52. The number of nitrogen functional groups attached to an aromatic ring is 1. The lowest BCUT2D eigenvalue weighted by Gasteiger charge is -2.06. The van der Waals surface area contributed by atoms with Crippen molar-refractivity contribution in [2.24, 2.45) is 0 Å². The Balaban J connectivity index is 1.71. The Morgan fingerprint density at radius 1 is 0.654 bits per heavy atom. The van der Waals surface area contributed by atoms with E-state index in [1.807, 2.05) is 42.5 Å². The first-order valence-electron chi connectivity index (χ1n) is 8.40. The number of rotatable bonds is 2. The van der Waals surface area contributed by atoms with Crippen LogP contribution in [0.4, 0.5) is 5.95 Å². The van der Waals surface area contributed by atoms with Crippen molar-refractivity contribution in [2.75, 3.05) is 5.73 Å². The highest BCUT2D eigenvalue weighted by Gasteiger charge is 2.16. The van der Waals surface area contributed by atoms with Gasteiger partial charge >= 0.3 is 0 Å². The van der Waals surface area contributed by atoms with Crippen LogP contribution in [0.3, 0.4) is 0 Å². The number of nitrogens with two attached hydrogens (primary N) is 1. The van der Waals surface area contributed by atoms with Crippen molar-refractivity contribution >= 4 is 28.0 Å². The smallest absolute Gasteiger partial charge is 0.232 e. The monoisotopic (exact) mass is 337 g/mol. The van der Waals surface area contributed by atoms with Crippen LogP contribution in [0.1, 0.15) is 0 Å². The zero-order valence-corrected chi connectivity index (χ0v) is 13.9. The standard InChI is InChI=1S/C22H15N3O/c23-22-24-20(19-17-8-4-5-9-18(17)26-21(19)25-22)16-12-10-15(11-13-16)14-6-2-1-3-7-14/h1-13H,(H2,23,24,25). The first-order valence-corrected chi connectivity index (χ1v) is 8.40. The third-order valence-corrected chi connectivity index (χ3v) is 4.52. The molecule has 2 N–H and O–H groups in total. The molecule has 0 saturated heterocycles. The Hall–Kier alpha value is -3.66. The summed E-state index contributed by atoms with van der Waals surface area (Å²) in [6.45, 7) is 0. The van der Waals surface area contributed by atoms with Crippen molar-refractivity contribution in [1.82, 2.24) is 9.97 Å². The molecule has 0 saturated carbocycles. The third kappa shape index (κ3) is 2.31. The number of hydrogen-bond donors (Lipinski definition) is 1. The average Bonchev–Trinajstić information content (AvgIpc) is 3.06. The molecule has 0 unspecified atom stereocenters. The second kappa shape index (κ2) is 5.70. The number of nitrogens with zero attached hydrogens (tertiary/aromatic N) is 2. The van der Waals surface area contributed by atoms with Crippen molar-refractivity contribution in [3.05, 3.63) is 78.9 Å². The van der Waals surface area contributed by atoms with E-state index in [9.17, 15) is 0 Å². The summed E-state index contributed by atoms with van der Waals surface area (Å²) in [7, 11) is 0. The Kier molecular flexibility index (Phi) is 3.22. The summed E-state index contributed by atoms with van der Waals surface area (Å²) in [5, 5.41) is 1.88. The molecule has 2 heterocycles. The summed E-state index contributed by atoms with van der Waals surface area (Å²) in [5.41, 5.74) is 11.3. The van der Waals surface area contributed by atoms with E-state index in [4.69, 9.17) is 10.2 Å². The van der Waals surface area contributed by atoms with E-state index < -0.39 is 0 Å². The molecule has 3 aromatic carbocycles. The van der Waals surface area contributed by atoms with Gasteiger partial charge in [0.05, 0.1) is 11.1 Å². The second-order valence-electron chi connectivity index (χ2n) is 6.15. The molecule has 5 rings (SSSR count). The van der Waals surface area contributed by atoms with E-state index in [0.29, 0.717) is 5.71 Å². The molecule has 26 heavy (non-hydrogen) atoms. The van der Waals surface area contributed by atoms with Crippen molar-refractivity contribution in [2.45, 2.75) is 0 Å². The minimum absolute atomic E-state index is 0.207.